The summed E-state index contributed by atoms with van der Waals surface area (Å²) in [7, 11) is 0. The molecule has 0 fully saturated rings. The Morgan fingerprint density at radius 2 is 1.72 bits per heavy atom. The van der Waals surface area contributed by atoms with Crippen LogP contribution in [0.15, 0.2) is 65.6 Å². The minimum atomic E-state index is -0.755. The highest BCUT2D eigenvalue weighted by Gasteiger charge is 2.14. The average molecular weight is 336 g/mol. The molecule has 1 N–H and O–H groups in total. The number of aliphatic hydroxyl groups is 1. The molecule has 0 aliphatic heterocycles. The number of aliphatic hydroxyl groups excluding tert-OH is 1. The van der Waals surface area contributed by atoms with Gasteiger partial charge in [-0.3, -0.25) is 13.9 Å². The van der Waals surface area contributed by atoms with E-state index in [-0.39, 0.29) is 18.0 Å². The second-order valence-corrected chi connectivity index (χ2v) is 6.07. The molecule has 3 rings (SSSR count). The Morgan fingerprint density at radius 3 is 2.32 bits per heavy atom. The van der Waals surface area contributed by atoms with E-state index >= 15 is 0 Å². The van der Waals surface area contributed by atoms with Crippen LogP contribution in [-0.2, 0) is 6.54 Å². The van der Waals surface area contributed by atoms with E-state index in [1.54, 1.807) is 35.0 Å². The van der Waals surface area contributed by atoms with E-state index in [4.69, 9.17) is 0 Å². The molecule has 0 aliphatic rings. The predicted molar refractivity (Wildman–Crippen MR) is 96.2 cm³/mol. The Kier molecular flexibility index (Phi) is 4.67. The van der Waals surface area contributed by atoms with Gasteiger partial charge >= 0.3 is 5.69 Å². The molecular formula is C20H20N2O3. The number of hydrogen-bond donors (Lipinski definition) is 1. The molecule has 5 heteroatoms. The number of imidazole rings is 1. The van der Waals surface area contributed by atoms with Crippen molar-refractivity contribution in [2.24, 2.45) is 0 Å². The number of aryl methyl sites for hydroxylation is 1. The lowest BCUT2D eigenvalue weighted by Crippen LogP contribution is -2.25. The summed E-state index contributed by atoms with van der Waals surface area (Å²) in [5.74, 6) is -0.0147. The van der Waals surface area contributed by atoms with Gasteiger partial charge in [0.1, 0.15) is 0 Å². The summed E-state index contributed by atoms with van der Waals surface area (Å²) in [6, 6.07) is 16.2. The number of hydrogen-bond acceptors (Lipinski definition) is 3. The van der Waals surface area contributed by atoms with Gasteiger partial charge in [0, 0.05) is 17.5 Å². The van der Waals surface area contributed by atoms with Crippen molar-refractivity contribution >= 4 is 5.78 Å². The quantitative estimate of drug-likeness (QED) is 0.729. The SMILES string of the molecule is CC(=O)c1ccc(-n2c(C)cn(C[C@@H](O)c3ccccc3)c2=O)cc1. The highest BCUT2D eigenvalue weighted by atomic mass is 16.3. The monoisotopic (exact) mass is 336 g/mol. The zero-order chi connectivity index (χ0) is 18.0. The number of nitrogens with zero attached hydrogens (tertiary/aromatic N) is 2. The molecule has 0 amide bonds. The van der Waals surface area contributed by atoms with Gasteiger partial charge in [-0.2, -0.15) is 0 Å². The maximum atomic E-state index is 12.7. The van der Waals surface area contributed by atoms with Gasteiger partial charge in [0.05, 0.1) is 18.3 Å². The first-order valence-electron chi connectivity index (χ1n) is 8.10. The summed E-state index contributed by atoms with van der Waals surface area (Å²) in [6.45, 7) is 3.53. The van der Waals surface area contributed by atoms with Gasteiger partial charge in [0.25, 0.3) is 0 Å². The van der Waals surface area contributed by atoms with E-state index in [0.29, 0.717) is 11.3 Å². The molecule has 0 bridgehead atoms. The first kappa shape index (κ1) is 16.9. The summed E-state index contributed by atoms with van der Waals surface area (Å²) in [5, 5.41) is 10.4. The third kappa shape index (κ3) is 3.46. The van der Waals surface area contributed by atoms with Gasteiger partial charge < -0.3 is 5.11 Å². The van der Waals surface area contributed by atoms with Crippen LogP contribution in [-0.4, -0.2) is 20.0 Å². The number of aromatic nitrogens is 2. The van der Waals surface area contributed by atoms with E-state index in [1.165, 1.54) is 11.5 Å². The van der Waals surface area contributed by atoms with Crippen LogP contribution in [0.5, 0.6) is 0 Å². The smallest absolute Gasteiger partial charge is 0.333 e. The zero-order valence-corrected chi connectivity index (χ0v) is 14.2. The maximum Gasteiger partial charge on any atom is 0.333 e. The minimum absolute atomic E-state index is 0.0147. The van der Waals surface area contributed by atoms with Crippen molar-refractivity contribution in [3.63, 3.8) is 0 Å². The van der Waals surface area contributed by atoms with Crippen LogP contribution in [0.4, 0.5) is 0 Å². The lowest BCUT2D eigenvalue weighted by atomic mass is 10.1. The number of carbonyl (C=O) groups is 1. The lowest BCUT2D eigenvalue weighted by molar-refractivity contribution is 0.101. The largest absolute Gasteiger partial charge is 0.387 e. The molecule has 0 spiro atoms. The van der Waals surface area contributed by atoms with Gasteiger partial charge in [-0.1, -0.05) is 30.3 Å². The minimum Gasteiger partial charge on any atom is -0.387 e. The molecule has 0 radical (unpaired) electrons. The topological polar surface area (TPSA) is 64.2 Å². The summed E-state index contributed by atoms with van der Waals surface area (Å²) < 4.78 is 3.08. The zero-order valence-electron chi connectivity index (χ0n) is 14.2. The molecule has 128 valence electrons. The van der Waals surface area contributed by atoms with Crippen LogP contribution in [0.1, 0.15) is 34.6 Å². The molecule has 1 heterocycles. The highest BCUT2D eigenvalue weighted by molar-refractivity contribution is 5.94. The molecule has 3 aromatic rings. The fourth-order valence-electron chi connectivity index (χ4n) is 2.87. The highest BCUT2D eigenvalue weighted by Crippen LogP contribution is 2.16. The van der Waals surface area contributed by atoms with E-state index in [1.807, 2.05) is 37.3 Å². The molecular weight excluding hydrogens is 316 g/mol. The molecule has 0 unspecified atom stereocenters. The maximum absolute atomic E-state index is 12.7. The van der Waals surface area contributed by atoms with Crippen LogP contribution in [0.25, 0.3) is 5.69 Å². The Balaban J connectivity index is 1.91. The van der Waals surface area contributed by atoms with Crippen molar-refractivity contribution < 1.29 is 9.90 Å². The van der Waals surface area contributed by atoms with Crippen molar-refractivity contribution in [3.8, 4) is 5.69 Å². The summed E-state index contributed by atoms with van der Waals surface area (Å²) >= 11 is 0. The van der Waals surface area contributed by atoms with E-state index < -0.39 is 6.10 Å². The van der Waals surface area contributed by atoms with E-state index in [0.717, 1.165) is 11.3 Å². The van der Waals surface area contributed by atoms with Crippen LogP contribution in [0.3, 0.4) is 0 Å². The number of benzene rings is 2. The molecule has 25 heavy (non-hydrogen) atoms. The first-order chi connectivity index (χ1) is 12.0. The first-order valence-corrected chi connectivity index (χ1v) is 8.10. The fraction of sp³-hybridized carbons (Fsp3) is 0.200. The molecule has 0 saturated carbocycles. The van der Waals surface area contributed by atoms with Crippen molar-refractivity contribution in [1.82, 2.24) is 9.13 Å². The van der Waals surface area contributed by atoms with E-state index in [2.05, 4.69) is 0 Å². The van der Waals surface area contributed by atoms with Crippen LogP contribution in [0.2, 0.25) is 0 Å². The fourth-order valence-corrected chi connectivity index (χ4v) is 2.87. The second-order valence-electron chi connectivity index (χ2n) is 6.07. The Morgan fingerprint density at radius 1 is 1.08 bits per heavy atom. The number of Topliss-reactive ketones (excluding diaryl/α,β-unsaturated/α-hetero) is 1. The average Bonchev–Trinajstić information content (AvgIpc) is 2.89. The summed E-state index contributed by atoms with van der Waals surface area (Å²) in [6.07, 6.45) is 0.974. The number of carbonyl (C=O) groups excluding carboxylic acids is 1. The lowest BCUT2D eigenvalue weighted by Gasteiger charge is -2.11. The van der Waals surface area contributed by atoms with Crippen molar-refractivity contribution in [2.45, 2.75) is 26.5 Å². The number of rotatable bonds is 5. The molecule has 0 aliphatic carbocycles. The van der Waals surface area contributed by atoms with E-state index in [9.17, 15) is 14.7 Å². The standard InChI is InChI=1S/C20H20N2O3/c1-14-12-21(13-19(24)17-6-4-3-5-7-17)20(25)22(14)18-10-8-16(9-11-18)15(2)23/h3-12,19,24H,13H2,1-2H3/t19-/m1/s1. The molecule has 2 aromatic carbocycles. The third-order valence-corrected chi connectivity index (χ3v) is 4.22. The predicted octanol–water partition coefficient (Wildman–Crippen LogP) is 2.88. The Labute approximate surface area is 145 Å². The van der Waals surface area contributed by atoms with Gasteiger partial charge in [-0.25, -0.2) is 4.79 Å². The van der Waals surface area contributed by atoms with Gasteiger partial charge in [-0.05, 0) is 43.7 Å². The molecule has 1 aromatic heterocycles. The van der Waals surface area contributed by atoms with Crippen LogP contribution in [0, 0.1) is 6.92 Å². The normalized spacial score (nSPS) is 12.1. The van der Waals surface area contributed by atoms with Crippen LogP contribution < -0.4 is 5.69 Å². The molecule has 5 nitrogen and oxygen atoms in total. The Hall–Kier alpha value is -2.92. The van der Waals surface area contributed by atoms with Gasteiger partial charge in [-0.15, -0.1) is 0 Å². The second kappa shape index (κ2) is 6.91. The van der Waals surface area contributed by atoms with Gasteiger partial charge in [0.2, 0.25) is 0 Å². The third-order valence-electron chi connectivity index (χ3n) is 4.22. The van der Waals surface area contributed by atoms with Crippen molar-refractivity contribution in [2.75, 3.05) is 0 Å². The summed E-state index contributed by atoms with van der Waals surface area (Å²) in [4.78, 5) is 24.1. The summed E-state index contributed by atoms with van der Waals surface area (Å²) in [5.41, 5.74) is 2.61. The van der Waals surface area contributed by atoms with Crippen molar-refractivity contribution in [1.29, 1.82) is 0 Å². The van der Waals surface area contributed by atoms with Gasteiger partial charge in [0.15, 0.2) is 5.78 Å². The number of ketones is 1. The van der Waals surface area contributed by atoms with Crippen LogP contribution >= 0.6 is 0 Å². The molecule has 0 saturated heterocycles. The Bertz CT molecular complexity index is 937. The molecule has 1 atom stereocenters. The van der Waals surface area contributed by atoms with Crippen molar-refractivity contribution in [3.05, 3.63) is 88.1 Å².